The summed E-state index contributed by atoms with van der Waals surface area (Å²) in [5.41, 5.74) is 2.99. The number of amides is 1. The van der Waals surface area contributed by atoms with Gasteiger partial charge < -0.3 is 5.32 Å². The van der Waals surface area contributed by atoms with Crippen LogP contribution in [0.3, 0.4) is 0 Å². The van der Waals surface area contributed by atoms with Crippen molar-refractivity contribution in [2.24, 2.45) is 5.84 Å². The maximum Gasteiger partial charge on any atom is 0.235 e. The first kappa shape index (κ1) is 10.8. The first-order valence-corrected chi connectivity index (χ1v) is 4.59. The van der Waals surface area contributed by atoms with Gasteiger partial charge in [-0.2, -0.15) is 0 Å². The van der Waals surface area contributed by atoms with Crippen LogP contribution >= 0.6 is 11.6 Å². The minimum atomic E-state index is -0.188. The van der Waals surface area contributed by atoms with Crippen molar-refractivity contribution in [3.8, 4) is 0 Å². The number of nitrogens with two attached hydrogens (primary N) is 1. The zero-order chi connectivity index (χ0) is 10.4. The number of rotatable bonds is 4. The molecule has 0 radical (unpaired) electrons. The first-order valence-electron chi connectivity index (χ1n) is 4.21. The molecule has 0 unspecified atom stereocenters. The van der Waals surface area contributed by atoms with Crippen molar-refractivity contribution in [3.05, 3.63) is 29.3 Å². The van der Waals surface area contributed by atoms with E-state index in [1.807, 2.05) is 12.1 Å². The van der Waals surface area contributed by atoms with Crippen LogP contribution in [0.15, 0.2) is 24.3 Å². The zero-order valence-electron chi connectivity index (χ0n) is 7.59. The molecule has 0 atom stereocenters. The Morgan fingerprint density at radius 1 is 1.36 bits per heavy atom. The molecule has 4 nitrogen and oxygen atoms in total. The summed E-state index contributed by atoms with van der Waals surface area (Å²) in [7, 11) is 0. The first-order chi connectivity index (χ1) is 6.72. The molecule has 0 heterocycles. The quantitative estimate of drug-likeness (QED) is 0.399. The van der Waals surface area contributed by atoms with E-state index in [0.29, 0.717) is 18.0 Å². The van der Waals surface area contributed by atoms with E-state index in [1.165, 1.54) is 0 Å². The topological polar surface area (TPSA) is 67.1 Å². The van der Waals surface area contributed by atoms with E-state index in [-0.39, 0.29) is 5.91 Å². The van der Waals surface area contributed by atoms with Gasteiger partial charge in [0.05, 0.1) is 0 Å². The Bertz CT molecular complexity index is 299. The number of halogens is 1. The van der Waals surface area contributed by atoms with Gasteiger partial charge in [-0.15, -0.1) is 0 Å². The van der Waals surface area contributed by atoms with Crippen molar-refractivity contribution in [3.63, 3.8) is 0 Å². The van der Waals surface area contributed by atoms with E-state index in [2.05, 4.69) is 10.7 Å². The van der Waals surface area contributed by atoms with Crippen LogP contribution in [0.4, 0.5) is 5.69 Å². The molecule has 0 aliphatic heterocycles. The normalized spacial score (nSPS) is 9.57. The summed E-state index contributed by atoms with van der Waals surface area (Å²) in [4.78, 5) is 10.8. The summed E-state index contributed by atoms with van der Waals surface area (Å²) in [5.74, 6) is 4.74. The summed E-state index contributed by atoms with van der Waals surface area (Å²) >= 11 is 5.71. The molecule has 0 spiro atoms. The van der Waals surface area contributed by atoms with Gasteiger partial charge in [0, 0.05) is 23.7 Å². The molecule has 0 bridgehead atoms. The number of nitrogens with one attached hydrogen (secondary N) is 2. The van der Waals surface area contributed by atoms with Crippen LogP contribution < -0.4 is 16.6 Å². The smallest absolute Gasteiger partial charge is 0.235 e. The van der Waals surface area contributed by atoms with Crippen molar-refractivity contribution in [2.75, 3.05) is 11.9 Å². The second-order valence-electron chi connectivity index (χ2n) is 2.75. The molecule has 0 saturated carbocycles. The van der Waals surface area contributed by atoms with Crippen molar-refractivity contribution in [1.29, 1.82) is 0 Å². The molecule has 1 aromatic carbocycles. The lowest BCUT2D eigenvalue weighted by molar-refractivity contribution is -0.120. The van der Waals surface area contributed by atoms with Gasteiger partial charge in [0.1, 0.15) is 0 Å². The number of anilines is 1. The van der Waals surface area contributed by atoms with Gasteiger partial charge in [0.2, 0.25) is 5.91 Å². The van der Waals surface area contributed by atoms with E-state index in [9.17, 15) is 4.79 Å². The Kier molecular flexibility index (Phi) is 4.22. The third kappa shape index (κ3) is 3.64. The second-order valence-corrected chi connectivity index (χ2v) is 3.19. The van der Waals surface area contributed by atoms with Crippen LogP contribution in [0.1, 0.15) is 6.42 Å². The van der Waals surface area contributed by atoms with Gasteiger partial charge in [-0.1, -0.05) is 11.6 Å². The third-order valence-corrected chi connectivity index (χ3v) is 1.94. The highest BCUT2D eigenvalue weighted by Gasteiger charge is 1.97. The molecule has 4 N–H and O–H groups in total. The van der Waals surface area contributed by atoms with E-state index in [0.717, 1.165) is 5.69 Å². The molecule has 76 valence electrons. The molecule has 0 aliphatic rings. The van der Waals surface area contributed by atoms with E-state index in [1.54, 1.807) is 12.1 Å². The molecule has 1 amide bonds. The minimum Gasteiger partial charge on any atom is -0.385 e. The Balaban J connectivity index is 2.31. The fourth-order valence-electron chi connectivity index (χ4n) is 0.960. The third-order valence-electron chi connectivity index (χ3n) is 1.69. The maximum atomic E-state index is 10.8. The van der Waals surface area contributed by atoms with Gasteiger partial charge >= 0.3 is 0 Å². The maximum absolute atomic E-state index is 10.8. The Hall–Kier alpha value is -1.26. The molecule has 0 aliphatic carbocycles. The van der Waals surface area contributed by atoms with Gasteiger partial charge in [-0.25, -0.2) is 5.84 Å². The summed E-state index contributed by atoms with van der Waals surface area (Å²) in [6.07, 6.45) is 0.346. The Labute approximate surface area is 87.4 Å². The van der Waals surface area contributed by atoms with Gasteiger partial charge in [-0.3, -0.25) is 10.2 Å². The number of carbonyl (C=O) groups is 1. The highest BCUT2D eigenvalue weighted by Crippen LogP contribution is 2.12. The molecule has 0 aromatic heterocycles. The van der Waals surface area contributed by atoms with Crippen molar-refractivity contribution in [2.45, 2.75) is 6.42 Å². The predicted octanol–water partition coefficient (Wildman–Crippen LogP) is 1.13. The molecule has 14 heavy (non-hydrogen) atoms. The molecule has 5 heteroatoms. The summed E-state index contributed by atoms with van der Waals surface area (Å²) in [6, 6.07) is 7.27. The summed E-state index contributed by atoms with van der Waals surface area (Å²) < 4.78 is 0. The zero-order valence-corrected chi connectivity index (χ0v) is 8.34. The molecule has 1 rings (SSSR count). The molecular weight excluding hydrogens is 202 g/mol. The summed E-state index contributed by atoms with van der Waals surface area (Å²) in [5, 5.41) is 3.75. The lowest BCUT2D eigenvalue weighted by Crippen LogP contribution is -2.31. The summed E-state index contributed by atoms with van der Waals surface area (Å²) in [6.45, 7) is 0.546. The Morgan fingerprint density at radius 2 is 2.00 bits per heavy atom. The highest BCUT2D eigenvalue weighted by atomic mass is 35.5. The van der Waals surface area contributed by atoms with Gasteiger partial charge in [-0.05, 0) is 24.3 Å². The SMILES string of the molecule is NNC(=O)CCNc1ccc(Cl)cc1. The van der Waals surface area contributed by atoms with Crippen molar-refractivity contribution >= 4 is 23.2 Å². The van der Waals surface area contributed by atoms with Crippen LogP contribution in [0.2, 0.25) is 5.02 Å². The second kappa shape index (κ2) is 5.47. The number of carbonyl (C=O) groups excluding carboxylic acids is 1. The van der Waals surface area contributed by atoms with Crippen molar-refractivity contribution < 1.29 is 4.79 Å². The van der Waals surface area contributed by atoms with Crippen molar-refractivity contribution in [1.82, 2.24) is 5.43 Å². The number of hydrogen-bond donors (Lipinski definition) is 3. The van der Waals surface area contributed by atoms with Crippen LogP contribution in [-0.2, 0) is 4.79 Å². The van der Waals surface area contributed by atoms with Crippen LogP contribution in [0.5, 0.6) is 0 Å². The van der Waals surface area contributed by atoms with Crippen LogP contribution in [0.25, 0.3) is 0 Å². The highest BCUT2D eigenvalue weighted by molar-refractivity contribution is 6.30. The standard InChI is InChI=1S/C9H12ClN3O/c10-7-1-3-8(4-2-7)12-6-5-9(14)13-11/h1-4,12H,5-6,11H2,(H,13,14). The number of benzene rings is 1. The van der Waals surface area contributed by atoms with Gasteiger partial charge in [0.25, 0.3) is 0 Å². The fourth-order valence-corrected chi connectivity index (χ4v) is 1.09. The number of hydrazine groups is 1. The monoisotopic (exact) mass is 213 g/mol. The van der Waals surface area contributed by atoms with Crippen LogP contribution in [0, 0.1) is 0 Å². The number of hydrogen-bond acceptors (Lipinski definition) is 3. The molecular formula is C9H12ClN3O. The minimum absolute atomic E-state index is 0.188. The Morgan fingerprint density at radius 3 is 2.57 bits per heavy atom. The van der Waals surface area contributed by atoms with Gasteiger partial charge in [0.15, 0.2) is 0 Å². The lowest BCUT2D eigenvalue weighted by atomic mass is 10.3. The molecule has 0 saturated heterocycles. The fraction of sp³-hybridized carbons (Fsp3) is 0.222. The van der Waals surface area contributed by atoms with Crippen LogP contribution in [-0.4, -0.2) is 12.5 Å². The van der Waals surface area contributed by atoms with E-state index >= 15 is 0 Å². The van der Waals surface area contributed by atoms with E-state index in [4.69, 9.17) is 17.4 Å². The molecule has 1 aromatic rings. The molecule has 0 fully saturated rings. The largest absolute Gasteiger partial charge is 0.385 e. The van der Waals surface area contributed by atoms with E-state index < -0.39 is 0 Å². The lowest BCUT2D eigenvalue weighted by Gasteiger charge is -2.05. The average molecular weight is 214 g/mol. The average Bonchev–Trinajstić information content (AvgIpc) is 2.21. The predicted molar refractivity (Wildman–Crippen MR) is 56.9 cm³/mol.